The van der Waals surface area contributed by atoms with Crippen LogP contribution in [0.25, 0.3) is 0 Å². The molecule has 0 atom stereocenters. The summed E-state index contributed by atoms with van der Waals surface area (Å²) >= 11 is 0. The molecule has 0 unspecified atom stereocenters. The monoisotopic (exact) mass is 204 g/mol. The molecule has 0 bridgehead atoms. The number of hydrogen-bond donors (Lipinski definition) is 0. The molecular formula is C13H17P. The molecule has 0 aromatic heterocycles. The van der Waals surface area contributed by atoms with Crippen LogP contribution in [0.3, 0.4) is 0 Å². The molecule has 0 heterocycles. The van der Waals surface area contributed by atoms with Gasteiger partial charge in [0.15, 0.2) is 0 Å². The molecule has 3 rings (SSSR count). The molecule has 74 valence electrons. The molecular weight excluding hydrogens is 187 g/mol. The Kier molecular flexibility index (Phi) is 1.89. The summed E-state index contributed by atoms with van der Waals surface area (Å²) in [7, 11) is 0. The van der Waals surface area contributed by atoms with Gasteiger partial charge in [-0.05, 0) is 42.3 Å². The molecule has 0 saturated heterocycles. The molecule has 1 aromatic rings. The molecule has 1 aromatic carbocycles. The fraction of sp³-hybridized carbons (Fsp3) is 0.462. The Morgan fingerprint density at radius 1 is 0.929 bits per heavy atom. The molecule has 2 aliphatic carbocycles. The Bertz CT molecular complexity index is 355. The summed E-state index contributed by atoms with van der Waals surface area (Å²) in [5.74, 6) is 0. The Morgan fingerprint density at radius 3 is 1.86 bits per heavy atom. The first kappa shape index (κ1) is 8.80. The van der Waals surface area contributed by atoms with Crippen LogP contribution in [0.15, 0.2) is 30.3 Å². The Balaban J connectivity index is 2.03. The number of rotatable bonds is 3. The minimum atomic E-state index is -0.993. The second-order valence-corrected chi connectivity index (χ2v) is 8.57. The molecule has 14 heavy (non-hydrogen) atoms. The summed E-state index contributed by atoms with van der Waals surface area (Å²) in [4.78, 5) is 0. The van der Waals surface area contributed by atoms with Crippen molar-refractivity contribution in [3.8, 4) is 0 Å². The Hall–Kier alpha value is -0.480. The van der Waals surface area contributed by atoms with Crippen LogP contribution in [0.2, 0.25) is 0 Å². The van der Waals surface area contributed by atoms with Gasteiger partial charge in [0.05, 0.1) is 0 Å². The van der Waals surface area contributed by atoms with Gasteiger partial charge in [0.1, 0.15) is 0 Å². The highest BCUT2D eigenvalue weighted by atomic mass is 31.2. The molecule has 0 spiro atoms. The SMILES string of the molecule is C=P(c1ccccc1)(C1CC1)C1CC1. The van der Waals surface area contributed by atoms with E-state index in [2.05, 4.69) is 36.6 Å². The molecule has 0 radical (unpaired) electrons. The van der Waals surface area contributed by atoms with Crippen LogP contribution >= 0.6 is 6.89 Å². The van der Waals surface area contributed by atoms with E-state index in [0.717, 1.165) is 11.3 Å². The summed E-state index contributed by atoms with van der Waals surface area (Å²) in [5.41, 5.74) is 1.97. The third kappa shape index (κ3) is 1.28. The lowest BCUT2D eigenvalue weighted by molar-refractivity contribution is 1.38. The van der Waals surface area contributed by atoms with E-state index in [-0.39, 0.29) is 0 Å². The van der Waals surface area contributed by atoms with Crippen molar-refractivity contribution >= 4 is 18.5 Å². The highest BCUT2D eigenvalue weighted by molar-refractivity contribution is 7.82. The second-order valence-electron chi connectivity index (χ2n) is 4.73. The predicted molar refractivity (Wildman–Crippen MR) is 66.2 cm³/mol. The van der Waals surface area contributed by atoms with E-state index in [1.165, 1.54) is 25.7 Å². The minimum absolute atomic E-state index is 0.984. The maximum atomic E-state index is 4.67. The van der Waals surface area contributed by atoms with Crippen LogP contribution < -0.4 is 5.30 Å². The lowest BCUT2D eigenvalue weighted by Crippen LogP contribution is -2.11. The molecule has 0 N–H and O–H groups in total. The minimum Gasteiger partial charge on any atom is -0.0961 e. The maximum Gasteiger partial charge on any atom is -0.0175 e. The van der Waals surface area contributed by atoms with Crippen molar-refractivity contribution < 1.29 is 0 Å². The fourth-order valence-corrected chi connectivity index (χ4v) is 6.80. The molecule has 2 fully saturated rings. The first-order chi connectivity index (χ1) is 6.82. The van der Waals surface area contributed by atoms with Gasteiger partial charge in [-0.2, -0.15) is 0 Å². The standard InChI is InChI=1S/C13H17P/c1-14(12-7-8-12,13-9-10-13)11-5-3-2-4-6-11/h2-6,12-13H,1,7-10H2. The summed E-state index contributed by atoms with van der Waals surface area (Å²) in [6.07, 6.45) is 10.5. The highest BCUT2D eigenvalue weighted by Crippen LogP contribution is 2.68. The van der Waals surface area contributed by atoms with Gasteiger partial charge in [-0.1, -0.05) is 43.5 Å². The van der Waals surface area contributed by atoms with E-state index in [1.807, 2.05) is 0 Å². The average molecular weight is 204 g/mol. The van der Waals surface area contributed by atoms with Gasteiger partial charge in [0.2, 0.25) is 0 Å². The van der Waals surface area contributed by atoms with Crippen LogP contribution in [-0.2, 0) is 0 Å². The fourth-order valence-electron chi connectivity index (χ4n) is 2.50. The van der Waals surface area contributed by atoms with Gasteiger partial charge in [-0.25, -0.2) is 0 Å². The predicted octanol–water partition coefficient (Wildman–Crippen LogP) is 3.09. The lowest BCUT2D eigenvalue weighted by Gasteiger charge is -2.24. The summed E-state index contributed by atoms with van der Waals surface area (Å²) < 4.78 is 0. The molecule has 1 heteroatoms. The van der Waals surface area contributed by atoms with Crippen molar-refractivity contribution in [2.24, 2.45) is 0 Å². The van der Waals surface area contributed by atoms with Gasteiger partial charge in [0, 0.05) is 0 Å². The van der Waals surface area contributed by atoms with E-state index >= 15 is 0 Å². The highest BCUT2D eigenvalue weighted by Gasteiger charge is 2.45. The van der Waals surface area contributed by atoms with Gasteiger partial charge in [-0.15, -0.1) is 0 Å². The third-order valence-corrected chi connectivity index (χ3v) is 8.53. The topological polar surface area (TPSA) is 0 Å². The van der Waals surface area contributed by atoms with Crippen LogP contribution in [0.5, 0.6) is 0 Å². The van der Waals surface area contributed by atoms with Crippen LogP contribution in [0.1, 0.15) is 25.7 Å². The zero-order valence-electron chi connectivity index (χ0n) is 8.52. The number of benzene rings is 1. The second kappa shape index (κ2) is 3.00. The van der Waals surface area contributed by atoms with Crippen molar-refractivity contribution in [1.29, 1.82) is 0 Å². The van der Waals surface area contributed by atoms with Crippen LogP contribution in [-0.4, -0.2) is 17.6 Å². The van der Waals surface area contributed by atoms with Gasteiger partial charge in [-0.3, -0.25) is 0 Å². The maximum absolute atomic E-state index is 4.67. The summed E-state index contributed by atoms with van der Waals surface area (Å²) in [6.45, 7) is -0.993. The van der Waals surface area contributed by atoms with Gasteiger partial charge in [0.25, 0.3) is 0 Å². The van der Waals surface area contributed by atoms with Crippen molar-refractivity contribution in [2.45, 2.75) is 37.0 Å². The van der Waals surface area contributed by atoms with Crippen LogP contribution in [0, 0.1) is 0 Å². The van der Waals surface area contributed by atoms with Gasteiger partial charge < -0.3 is 0 Å². The number of hydrogen-bond acceptors (Lipinski definition) is 0. The lowest BCUT2D eigenvalue weighted by atomic mass is 10.4. The Morgan fingerprint density at radius 2 is 1.43 bits per heavy atom. The molecule has 2 aliphatic rings. The van der Waals surface area contributed by atoms with Crippen molar-refractivity contribution in [3.05, 3.63) is 30.3 Å². The van der Waals surface area contributed by atoms with Gasteiger partial charge >= 0.3 is 0 Å². The Labute approximate surface area is 86.3 Å². The summed E-state index contributed by atoms with van der Waals surface area (Å²) in [6, 6.07) is 11.1. The molecule has 0 aliphatic heterocycles. The molecule has 0 nitrogen and oxygen atoms in total. The first-order valence-electron chi connectivity index (χ1n) is 5.60. The van der Waals surface area contributed by atoms with Crippen molar-refractivity contribution in [3.63, 3.8) is 0 Å². The third-order valence-electron chi connectivity index (χ3n) is 3.63. The molecule has 0 amide bonds. The normalized spacial score (nSPS) is 22.3. The van der Waals surface area contributed by atoms with Crippen molar-refractivity contribution in [1.82, 2.24) is 0 Å². The van der Waals surface area contributed by atoms with E-state index < -0.39 is 6.89 Å². The van der Waals surface area contributed by atoms with E-state index in [4.69, 9.17) is 0 Å². The summed E-state index contributed by atoms with van der Waals surface area (Å²) in [5, 5.41) is 1.59. The van der Waals surface area contributed by atoms with E-state index in [9.17, 15) is 0 Å². The quantitative estimate of drug-likeness (QED) is 0.664. The molecule has 2 saturated carbocycles. The smallest absolute Gasteiger partial charge is 0.0175 e. The largest absolute Gasteiger partial charge is 0.0961 e. The zero-order chi connectivity index (χ0) is 9.60. The average Bonchev–Trinajstić information content (AvgIpc) is 3.06. The van der Waals surface area contributed by atoms with Crippen molar-refractivity contribution in [2.75, 3.05) is 0 Å². The first-order valence-corrected chi connectivity index (χ1v) is 7.71. The van der Waals surface area contributed by atoms with E-state index in [1.54, 1.807) is 5.30 Å². The zero-order valence-corrected chi connectivity index (χ0v) is 9.42. The van der Waals surface area contributed by atoms with Crippen LogP contribution in [0.4, 0.5) is 0 Å². The van der Waals surface area contributed by atoms with E-state index in [0.29, 0.717) is 0 Å².